The van der Waals surface area contributed by atoms with Crippen molar-refractivity contribution < 1.29 is 4.74 Å². The molecular weight excluding hydrogens is 150 g/mol. The van der Waals surface area contributed by atoms with E-state index in [2.05, 4.69) is 13.5 Å². The van der Waals surface area contributed by atoms with Crippen LogP contribution in [0.5, 0.6) is 0 Å². The minimum Gasteiger partial charge on any atom is -0.380 e. The van der Waals surface area contributed by atoms with E-state index in [0.29, 0.717) is 0 Å². The van der Waals surface area contributed by atoms with Gasteiger partial charge in [0.25, 0.3) is 0 Å². The summed E-state index contributed by atoms with van der Waals surface area (Å²) in [4.78, 5) is 0. The lowest BCUT2D eigenvalue weighted by molar-refractivity contribution is 0.0743. The minimum absolute atomic E-state index is 0.181. The number of allylic oxidation sites excluding steroid dienone is 1. The van der Waals surface area contributed by atoms with Crippen molar-refractivity contribution in [1.82, 2.24) is 0 Å². The van der Waals surface area contributed by atoms with Crippen molar-refractivity contribution in [1.29, 1.82) is 0 Å². The molecule has 0 rings (SSSR count). The summed E-state index contributed by atoms with van der Waals surface area (Å²) in [5.74, 6) is 0. The largest absolute Gasteiger partial charge is 0.380 e. The molecule has 2 nitrogen and oxygen atoms in total. The van der Waals surface area contributed by atoms with Gasteiger partial charge in [-0.05, 0) is 25.7 Å². The predicted octanol–water partition coefficient (Wildman–Crippen LogP) is 2.09. The van der Waals surface area contributed by atoms with Gasteiger partial charge in [0.15, 0.2) is 0 Å². The van der Waals surface area contributed by atoms with Crippen molar-refractivity contribution in [2.24, 2.45) is 5.73 Å². The summed E-state index contributed by atoms with van der Waals surface area (Å²) >= 11 is 0. The molecule has 0 aliphatic heterocycles. The lowest BCUT2D eigenvalue weighted by atomic mass is 10.0. The van der Waals surface area contributed by atoms with E-state index in [9.17, 15) is 0 Å². The third-order valence-corrected chi connectivity index (χ3v) is 2.13. The Morgan fingerprint density at radius 3 is 2.67 bits per heavy atom. The van der Waals surface area contributed by atoms with Crippen LogP contribution >= 0.6 is 0 Å². The van der Waals surface area contributed by atoms with Crippen LogP contribution in [0.1, 0.15) is 32.6 Å². The first-order valence-corrected chi connectivity index (χ1v) is 4.65. The number of hydrogen-bond donors (Lipinski definition) is 1. The Morgan fingerprint density at radius 2 is 2.25 bits per heavy atom. The second-order valence-corrected chi connectivity index (χ2v) is 3.07. The maximum atomic E-state index is 5.92. The zero-order chi connectivity index (χ0) is 9.40. The Kier molecular flexibility index (Phi) is 7.11. The van der Waals surface area contributed by atoms with Crippen molar-refractivity contribution in [2.45, 2.75) is 44.8 Å². The van der Waals surface area contributed by atoms with Gasteiger partial charge >= 0.3 is 0 Å². The number of ether oxygens (including phenoxy) is 1. The van der Waals surface area contributed by atoms with Crippen LogP contribution in [0.2, 0.25) is 0 Å². The van der Waals surface area contributed by atoms with Crippen LogP contribution in [-0.2, 0) is 4.74 Å². The number of methoxy groups -OCH3 is 1. The monoisotopic (exact) mass is 171 g/mol. The minimum atomic E-state index is 0.181. The molecule has 72 valence electrons. The summed E-state index contributed by atoms with van der Waals surface area (Å²) in [5.41, 5.74) is 5.92. The molecule has 0 bridgehead atoms. The van der Waals surface area contributed by atoms with Gasteiger partial charge in [0.05, 0.1) is 6.10 Å². The lowest BCUT2D eigenvalue weighted by Gasteiger charge is -2.20. The van der Waals surface area contributed by atoms with Gasteiger partial charge in [-0.15, -0.1) is 6.58 Å². The highest BCUT2D eigenvalue weighted by Gasteiger charge is 2.13. The second-order valence-electron chi connectivity index (χ2n) is 3.07. The van der Waals surface area contributed by atoms with Crippen molar-refractivity contribution in [3.05, 3.63) is 12.7 Å². The lowest BCUT2D eigenvalue weighted by Crippen LogP contribution is -2.35. The maximum absolute atomic E-state index is 5.92. The summed E-state index contributed by atoms with van der Waals surface area (Å²) in [5, 5.41) is 0. The van der Waals surface area contributed by atoms with E-state index in [1.165, 1.54) is 0 Å². The molecule has 2 heteroatoms. The number of unbranched alkanes of at least 4 members (excludes halogenated alkanes) is 1. The number of hydrogen-bond acceptors (Lipinski definition) is 2. The molecule has 0 aliphatic rings. The first kappa shape index (κ1) is 11.7. The fourth-order valence-corrected chi connectivity index (χ4v) is 1.33. The Hall–Kier alpha value is -0.340. The van der Waals surface area contributed by atoms with E-state index in [0.717, 1.165) is 25.7 Å². The van der Waals surface area contributed by atoms with Crippen LogP contribution < -0.4 is 5.73 Å². The molecule has 0 aromatic rings. The molecule has 0 saturated heterocycles. The van der Waals surface area contributed by atoms with Gasteiger partial charge in [-0.2, -0.15) is 0 Å². The van der Waals surface area contributed by atoms with Crippen LogP contribution in [0, 0.1) is 0 Å². The van der Waals surface area contributed by atoms with Crippen LogP contribution in [0.3, 0.4) is 0 Å². The standard InChI is InChI=1S/C10H21NO/c1-4-6-7-8-9(11)10(5-2)12-3/h4,9-10H,1,5-8,11H2,2-3H3. The van der Waals surface area contributed by atoms with Crippen molar-refractivity contribution in [3.63, 3.8) is 0 Å². The zero-order valence-electron chi connectivity index (χ0n) is 8.25. The molecule has 0 aliphatic carbocycles. The van der Waals surface area contributed by atoms with Crippen molar-refractivity contribution in [3.8, 4) is 0 Å². The van der Waals surface area contributed by atoms with E-state index in [4.69, 9.17) is 10.5 Å². The van der Waals surface area contributed by atoms with Gasteiger partial charge < -0.3 is 10.5 Å². The number of nitrogens with two attached hydrogens (primary N) is 1. The summed E-state index contributed by atoms with van der Waals surface area (Å²) in [6.45, 7) is 5.77. The highest BCUT2D eigenvalue weighted by Crippen LogP contribution is 2.08. The van der Waals surface area contributed by atoms with E-state index in [-0.39, 0.29) is 12.1 Å². The molecule has 0 aromatic heterocycles. The Balaban J connectivity index is 3.53. The first-order chi connectivity index (χ1) is 5.76. The third-order valence-electron chi connectivity index (χ3n) is 2.13. The van der Waals surface area contributed by atoms with Gasteiger partial charge in [-0.25, -0.2) is 0 Å². The fourth-order valence-electron chi connectivity index (χ4n) is 1.33. The first-order valence-electron chi connectivity index (χ1n) is 4.65. The van der Waals surface area contributed by atoms with E-state index >= 15 is 0 Å². The normalized spacial score (nSPS) is 15.6. The van der Waals surface area contributed by atoms with Crippen molar-refractivity contribution in [2.75, 3.05) is 7.11 Å². The molecular formula is C10H21NO. The molecule has 2 atom stereocenters. The molecule has 0 aromatic carbocycles. The van der Waals surface area contributed by atoms with Crippen molar-refractivity contribution >= 4 is 0 Å². The molecule has 12 heavy (non-hydrogen) atoms. The van der Waals surface area contributed by atoms with Crippen LogP contribution in [0.25, 0.3) is 0 Å². The zero-order valence-corrected chi connectivity index (χ0v) is 8.25. The van der Waals surface area contributed by atoms with Gasteiger partial charge in [0.2, 0.25) is 0 Å². The SMILES string of the molecule is C=CCCCC(N)C(CC)OC. The molecule has 2 N–H and O–H groups in total. The molecule has 0 heterocycles. The average Bonchev–Trinajstić information content (AvgIpc) is 2.07. The summed E-state index contributed by atoms with van der Waals surface area (Å²) in [7, 11) is 1.72. The van der Waals surface area contributed by atoms with Gasteiger partial charge in [0, 0.05) is 13.2 Å². The van der Waals surface area contributed by atoms with E-state index in [1.54, 1.807) is 7.11 Å². The summed E-state index contributed by atoms with van der Waals surface area (Å²) in [6.07, 6.45) is 6.33. The number of rotatable bonds is 7. The van der Waals surface area contributed by atoms with Crippen LogP contribution in [-0.4, -0.2) is 19.3 Å². The van der Waals surface area contributed by atoms with Crippen LogP contribution in [0.4, 0.5) is 0 Å². The third kappa shape index (κ3) is 4.52. The predicted molar refractivity (Wildman–Crippen MR) is 53.1 cm³/mol. The molecule has 2 unspecified atom stereocenters. The quantitative estimate of drug-likeness (QED) is 0.470. The second kappa shape index (κ2) is 7.32. The molecule has 0 spiro atoms. The van der Waals surface area contributed by atoms with Crippen LogP contribution in [0.15, 0.2) is 12.7 Å². The topological polar surface area (TPSA) is 35.2 Å². The molecule has 0 saturated carbocycles. The smallest absolute Gasteiger partial charge is 0.0719 e. The van der Waals surface area contributed by atoms with E-state index in [1.807, 2.05) is 6.08 Å². The highest BCUT2D eigenvalue weighted by molar-refractivity contribution is 4.74. The maximum Gasteiger partial charge on any atom is 0.0719 e. The Labute approximate surface area is 75.8 Å². The summed E-state index contributed by atoms with van der Waals surface area (Å²) < 4.78 is 5.24. The van der Waals surface area contributed by atoms with Gasteiger partial charge in [0.1, 0.15) is 0 Å². The molecule has 0 radical (unpaired) electrons. The Bertz CT molecular complexity index is 110. The van der Waals surface area contributed by atoms with E-state index < -0.39 is 0 Å². The van der Waals surface area contributed by atoms with Gasteiger partial charge in [-0.1, -0.05) is 13.0 Å². The average molecular weight is 171 g/mol. The summed E-state index contributed by atoms with van der Waals surface area (Å²) in [6, 6.07) is 0.181. The van der Waals surface area contributed by atoms with Gasteiger partial charge in [-0.3, -0.25) is 0 Å². The fraction of sp³-hybridized carbons (Fsp3) is 0.800. The Morgan fingerprint density at radius 1 is 1.58 bits per heavy atom. The highest BCUT2D eigenvalue weighted by atomic mass is 16.5. The molecule has 0 amide bonds. The molecule has 0 fully saturated rings.